The van der Waals surface area contributed by atoms with Crippen molar-refractivity contribution in [2.75, 3.05) is 45.8 Å². The Morgan fingerprint density at radius 3 is 2.66 bits per heavy atom. The van der Waals surface area contributed by atoms with E-state index < -0.39 is 0 Å². The van der Waals surface area contributed by atoms with Crippen LogP contribution in [0.4, 0.5) is 5.82 Å². The van der Waals surface area contributed by atoms with Crippen molar-refractivity contribution in [3.8, 4) is 11.5 Å². The van der Waals surface area contributed by atoms with Crippen molar-refractivity contribution in [1.29, 1.82) is 0 Å². The minimum atomic E-state index is -0.139. The van der Waals surface area contributed by atoms with Crippen LogP contribution in [0, 0.1) is 0 Å². The average Bonchev–Trinajstić information content (AvgIpc) is 3.24. The number of halogens is 2. The average molecular weight is 574 g/mol. The second-order valence-electron chi connectivity index (χ2n) is 8.26. The third-order valence-corrected chi connectivity index (χ3v) is 5.95. The van der Waals surface area contributed by atoms with Gasteiger partial charge < -0.3 is 25.0 Å². The molecule has 0 amide bonds. The molecule has 1 saturated heterocycles. The van der Waals surface area contributed by atoms with Gasteiger partial charge in [0.25, 0.3) is 0 Å². The van der Waals surface area contributed by atoms with Crippen LogP contribution in [0.2, 0.25) is 5.02 Å². The van der Waals surface area contributed by atoms with E-state index in [0.29, 0.717) is 11.6 Å². The molecule has 0 bridgehead atoms. The molecule has 0 saturated carbocycles. The molecule has 1 aliphatic heterocycles. The number of rotatable bonds is 7. The number of guanidine groups is 1. The van der Waals surface area contributed by atoms with Crippen molar-refractivity contribution >= 4 is 47.4 Å². The second kappa shape index (κ2) is 11.8. The Kier molecular flexibility index (Phi) is 9.69. The number of nitrogens with zero attached hydrogens (tertiary/aromatic N) is 3. The Morgan fingerprint density at radius 2 is 2.00 bits per heavy atom. The summed E-state index contributed by atoms with van der Waals surface area (Å²) in [6.07, 6.45) is 2.77. The summed E-state index contributed by atoms with van der Waals surface area (Å²) in [5.74, 6) is 3.08. The maximum Gasteiger partial charge on any atom is 0.191 e. The molecule has 1 aromatic heterocycles. The van der Waals surface area contributed by atoms with Crippen molar-refractivity contribution in [2.24, 2.45) is 4.99 Å². The molecular weight excluding hydrogens is 541 g/mol. The summed E-state index contributed by atoms with van der Waals surface area (Å²) in [6.45, 7) is 6.83. The van der Waals surface area contributed by atoms with Crippen LogP contribution < -0.4 is 25.0 Å². The third kappa shape index (κ3) is 6.31. The number of anilines is 1. The Balaban J connectivity index is 0.00000363. The van der Waals surface area contributed by atoms with Crippen LogP contribution in [0.3, 0.4) is 0 Å². The molecule has 0 aliphatic carbocycles. The summed E-state index contributed by atoms with van der Waals surface area (Å²) >= 11 is 6.31. The van der Waals surface area contributed by atoms with Gasteiger partial charge in [-0.2, -0.15) is 0 Å². The van der Waals surface area contributed by atoms with Crippen LogP contribution in [0.25, 0.3) is 0 Å². The molecule has 1 aliphatic rings. The highest BCUT2D eigenvalue weighted by Crippen LogP contribution is 2.33. The number of benzene rings is 1. The molecular formula is C23H33ClIN5O2. The fourth-order valence-corrected chi connectivity index (χ4v) is 3.97. The largest absolute Gasteiger partial charge is 0.493 e. The van der Waals surface area contributed by atoms with Crippen LogP contribution >= 0.6 is 35.6 Å². The fourth-order valence-electron chi connectivity index (χ4n) is 3.73. The number of aromatic nitrogens is 1. The smallest absolute Gasteiger partial charge is 0.191 e. The zero-order valence-corrected chi connectivity index (χ0v) is 22.4. The van der Waals surface area contributed by atoms with E-state index in [-0.39, 0.29) is 35.4 Å². The zero-order valence-electron chi connectivity index (χ0n) is 19.3. The van der Waals surface area contributed by atoms with Gasteiger partial charge in [0, 0.05) is 44.3 Å². The van der Waals surface area contributed by atoms with E-state index in [2.05, 4.69) is 45.4 Å². The Labute approximate surface area is 213 Å². The minimum Gasteiger partial charge on any atom is -0.493 e. The monoisotopic (exact) mass is 573 g/mol. The normalized spacial score (nSPS) is 16.4. The fraction of sp³-hybridized carbons (Fsp3) is 0.478. The lowest BCUT2D eigenvalue weighted by atomic mass is 9.84. The van der Waals surface area contributed by atoms with E-state index in [9.17, 15) is 0 Å². The van der Waals surface area contributed by atoms with Gasteiger partial charge in [-0.3, -0.25) is 4.99 Å². The molecule has 0 spiro atoms. The predicted molar refractivity (Wildman–Crippen MR) is 142 cm³/mol. The number of nitrogens with one attached hydrogen (secondary N) is 2. The van der Waals surface area contributed by atoms with Crippen LogP contribution in [0.15, 0.2) is 41.5 Å². The number of methoxy groups -OCH3 is 2. The van der Waals surface area contributed by atoms with Gasteiger partial charge in [0.15, 0.2) is 17.5 Å². The van der Waals surface area contributed by atoms with Gasteiger partial charge in [0.05, 0.1) is 19.2 Å². The summed E-state index contributed by atoms with van der Waals surface area (Å²) < 4.78 is 10.8. The SMILES string of the molecule is CN=C(NCC(C)(C)c1ccc(OC)c(OC)c1)NC1CCN(c2ncccc2Cl)C1.I. The maximum absolute atomic E-state index is 6.31. The van der Waals surface area contributed by atoms with Gasteiger partial charge in [-0.05, 0) is 36.2 Å². The molecule has 2 heterocycles. The van der Waals surface area contributed by atoms with Crippen molar-refractivity contribution in [2.45, 2.75) is 31.7 Å². The zero-order chi connectivity index (χ0) is 22.4. The van der Waals surface area contributed by atoms with Crippen molar-refractivity contribution in [3.63, 3.8) is 0 Å². The molecule has 2 N–H and O–H groups in total. The summed E-state index contributed by atoms with van der Waals surface area (Å²) in [7, 11) is 5.09. The molecule has 2 aromatic rings. The first kappa shape index (κ1) is 26.3. The third-order valence-electron chi connectivity index (χ3n) is 5.65. The van der Waals surface area contributed by atoms with Crippen molar-refractivity contribution < 1.29 is 9.47 Å². The maximum atomic E-state index is 6.31. The Bertz CT molecular complexity index is 925. The van der Waals surface area contributed by atoms with Crippen molar-refractivity contribution in [1.82, 2.24) is 15.6 Å². The topological polar surface area (TPSA) is 71.0 Å². The van der Waals surface area contributed by atoms with Gasteiger partial charge in [-0.1, -0.05) is 31.5 Å². The van der Waals surface area contributed by atoms with Crippen LogP contribution in [0.1, 0.15) is 25.8 Å². The van der Waals surface area contributed by atoms with Gasteiger partial charge in [0.2, 0.25) is 0 Å². The van der Waals surface area contributed by atoms with E-state index >= 15 is 0 Å². The van der Waals surface area contributed by atoms with Gasteiger partial charge >= 0.3 is 0 Å². The van der Waals surface area contributed by atoms with Gasteiger partial charge in [0.1, 0.15) is 5.82 Å². The lowest BCUT2D eigenvalue weighted by Crippen LogP contribution is -2.48. The van der Waals surface area contributed by atoms with Gasteiger partial charge in [-0.25, -0.2) is 4.98 Å². The quantitative estimate of drug-likeness (QED) is 0.295. The molecule has 1 fully saturated rings. The molecule has 176 valence electrons. The van der Waals surface area contributed by atoms with E-state index in [1.54, 1.807) is 27.5 Å². The highest BCUT2D eigenvalue weighted by molar-refractivity contribution is 14.0. The van der Waals surface area contributed by atoms with E-state index in [4.69, 9.17) is 21.1 Å². The summed E-state index contributed by atoms with van der Waals surface area (Å²) in [5.41, 5.74) is 1.02. The molecule has 32 heavy (non-hydrogen) atoms. The van der Waals surface area contributed by atoms with Crippen LogP contribution in [-0.2, 0) is 5.41 Å². The van der Waals surface area contributed by atoms with Crippen molar-refractivity contribution in [3.05, 3.63) is 47.1 Å². The van der Waals surface area contributed by atoms with Crippen LogP contribution in [0.5, 0.6) is 11.5 Å². The molecule has 7 nitrogen and oxygen atoms in total. The summed E-state index contributed by atoms with van der Waals surface area (Å²) in [5, 5.41) is 7.69. The Hall–Kier alpha value is -1.94. The predicted octanol–water partition coefficient (Wildman–Crippen LogP) is 4.09. The summed E-state index contributed by atoms with van der Waals surface area (Å²) in [6, 6.07) is 10.0. The number of hydrogen-bond acceptors (Lipinski definition) is 5. The van der Waals surface area contributed by atoms with Crippen LogP contribution in [-0.4, -0.2) is 57.9 Å². The first-order valence-corrected chi connectivity index (χ1v) is 10.8. The summed E-state index contributed by atoms with van der Waals surface area (Å²) in [4.78, 5) is 11.0. The number of hydrogen-bond donors (Lipinski definition) is 2. The molecule has 9 heteroatoms. The second-order valence-corrected chi connectivity index (χ2v) is 8.67. The molecule has 1 atom stereocenters. The number of pyridine rings is 1. The lowest BCUT2D eigenvalue weighted by Gasteiger charge is -2.28. The minimum absolute atomic E-state index is 0. The highest BCUT2D eigenvalue weighted by atomic mass is 127. The molecule has 1 unspecified atom stereocenters. The number of ether oxygens (including phenoxy) is 2. The Morgan fingerprint density at radius 1 is 1.25 bits per heavy atom. The van der Waals surface area contributed by atoms with E-state index in [1.807, 2.05) is 24.3 Å². The standard InChI is InChI=1S/C23H32ClN5O2.HI/c1-23(2,16-8-9-19(30-4)20(13-16)31-5)15-27-22(25-3)28-17-10-12-29(14-17)21-18(24)7-6-11-26-21;/h6-9,11,13,17H,10,12,14-15H2,1-5H3,(H2,25,27,28);1H. The first-order valence-electron chi connectivity index (χ1n) is 10.4. The molecule has 1 aromatic carbocycles. The molecule has 3 rings (SSSR count). The van der Waals surface area contributed by atoms with E-state index in [0.717, 1.165) is 48.4 Å². The lowest BCUT2D eigenvalue weighted by molar-refractivity contribution is 0.353. The first-order chi connectivity index (χ1) is 14.9. The number of aliphatic imine (C=N–C) groups is 1. The molecule has 0 radical (unpaired) electrons. The highest BCUT2D eigenvalue weighted by Gasteiger charge is 2.27. The van der Waals surface area contributed by atoms with E-state index in [1.165, 1.54) is 0 Å². The van der Waals surface area contributed by atoms with Gasteiger partial charge in [-0.15, -0.1) is 24.0 Å².